The first-order chi connectivity index (χ1) is 10.7. The summed E-state index contributed by atoms with van der Waals surface area (Å²) in [5, 5.41) is 7.30. The minimum absolute atomic E-state index is 0.246. The summed E-state index contributed by atoms with van der Waals surface area (Å²) in [6, 6.07) is 0. The Morgan fingerprint density at radius 1 is 1.36 bits per heavy atom. The Kier molecular flexibility index (Phi) is 5.56. The molecule has 122 valence electrons. The van der Waals surface area contributed by atoms with Crippen LogP contribution < -0.4 is 5.32 Å². The summed E-state index contributed by atoms with van der Waals surface area (Å²) in [6.45, 7) is 5.47. The number of aryl methyl sites for hydroxylation is 1. The predicted octanol–water partition coefficient (Wildman–Crippen LogP) is -0.335. The molecule has 2 heterocycles. The Balaban J connectivity index is 1.83. The van der Waals surface area contributed by atoms with Gasteiger partial charge in [0.25, 0.3) is 0 Å². The van der Waals surface area contributed by atoms with E-state index >= 15 is 0 Å². The van der Waals surface area contributed by atoms with E-state index in [2.05, 4.69) is 25.3 Å². The zero-order valence-electron chi connectivity index (χ0n) is 13.3. The molecule has 1 fully saturated rings. The van der Waals surface area contributed by atoms with E-state index in [0.29, 0.717) is 26.2 Å². The first kappa shape index (κ1) is 16.1. The van der Waals surface area contributed by atoms with E-state index in [4.69, 9.17) is 4.74 Å². The van der Waals surface area contributed by atoms with Crippen LogP contribution in [-0.2, 0) is 18.3 Å². The number of ether oxygens (including phenoxy) is 1. The van der Waals surface area contributed by atoms with Crippen LogP contribution in [0.1, 0.15) is 12.7 Å². The maximum Gasteiger partial charge on any atom is 0.409 e. The van der Waals surface area contributed by atoms with Crippen molar-refractivity contribution < 1.29 is 9.53 Å². The van der Waals surface area contributed by atoms with Gasteiger partial charge in [-0.2, -0.15) is 5.10 Å². The Hall–Kier alpha value is -2.32. The molecule has 0 spiro atoms. The summed E-state index contributed by atoms with van der Waals surface area (Å²) in [6.07, 6.45) is 1.28. The SMILES string of the molecule is CCOC(=O)N1CCN(C(=NC)NCc2ncnn2C)CC1. The molecule has 1 aliphatic rings. The molecule has 1 N–H and O–H groups in total. The molecule has 0 aromatic carbocycles. The summed E-state index contributed by atoms with van der Waals surface area (Å²) < 4.78 is 6.74. The fourth-order valence-corrected chi connectivity index (χ4v) is 2.29. The fourth-order valence-electron chi connectivity index (χ4n) is 2.29. The van der Waals surface area contributed by atoms with Crippen molar-refractivity contribution in [2.75, 3.05) is 39.8 Å². The minimum Gasteiger partial charge on any atom is -0.450 e. The van der Waals surface area contributed by atoms with Gasteiger partial charge < -0.3 is 19.9 Å². The number of aromatic nitrogens is 3. The predicted molar refractivity (Wildman–Crippen MR) is 81.4 cm³/mol. The van der Waals surface area contributed by atoms with E-state index in [-0.39, 0.29) is 6.09 Å². The number of rotatable bonds is 3. The molecular formula is C13H23N7O2. The Morgan fingerprint density at radius 3 is 2.59 bits per heavy atom. The zero-order chi connectivity index (χ0) is 15.9. The number of hydrogen-bond donors (Lipinski definition) is 1. The number of hydrogen-bond acceptors (Lipinski definition) is 5. The molecule has 1 aromatic heterocycles. The molecule has 0 bridgehead atoms. The van der Waals surface area contributed by atoms with Gasteiger partial charge in [0.05, 0.1) is 13.2 Å². The van der Waals surface area contributed by atoms with E-state index in [1.165, 1.54) is 6.33 Å². The number of nitrogens with one attached hydrogen (secondary N) is 1. The van der Waals surface area contributed by atoms with Gasteiger partial charge in [-0.25, -0.2) is 9.78 Å². The number of aliphatic imine (C=N–C) groups is 1. The third kappa shape index (κ3) is 3.86. The normalized spacial score (nSPS) is 15.9. The van der Waals surface area contributed by atoms with E-state index in [0.717, 1.165) is 24.9 Å². The average molecular weight is 309 g/mol. The van der Waals surface area contributed by atoms with Crippen molar-refractivity contribution >= 4 is 12.1 Å². The standard InChI is InChI=1S/C13H23N7O2/c1-4-22-13(21)20-7-5-19(6-8-20)12(14-2)15-9-11-16-10-17-18(11)3/h10H,4-9H2,1-3H3,(H,14,15). The molecule has 22 heavy (non-hydrogen) atoms. The van der Waals surface area contributed by atoms with Gasteiger partial charge in [0.2, 0.25) is 0 Å². The number of amides is 1. The number of nitrogens with zero attached hydrogens (tertiary/aromatic N) is 6. The Labute approximate surface area is 130 Å². The number of piperazine rings is 1. The summed E-state index contributed by atoms with van der Waals surface area (Å²) in [7, 11) is 3.60. The van der Waals surface area contributed by atoms with Crippen molar-refractivity contribution in [3.63, 3.8) is 0 Å². The molecule has 1 amide bonds. The van der Waals surface area contributed by atoms with Crippen LogP contribution in [0.3, 0.4) is 0 Å². The first-order valence-electron chi connectivity index (χ1n) is 7.35. The largest absolute Gasteiger partial charge is 0.450 e. The van der Waals surface area contributed by atoms with Crippen LogP contribution >= 0.6 is 0 Å². The lowest BCUT2D eigenvalue weighted by Gasteiger charge is -2.35. The second-order valence-electron chi connectivity index (χ2n) is 4.87. The summed E-state index contributed by atoms with van der Waals surface area (Å²) in [5.74, 6) is 1.64. The van der Waals surface area contributed by atoms with Gasteiger partial charge in [-0.3, -0.25) is 9.67 Å². The van der Waals surface area contributed by atoms with Gasteiger partial charge in [-0.15, -0.1) is 0 Å². The van der Waals surface area contributed by atoms with Gasteiger partial charge in [-0.1, -0.05) is 0 Å². The van der Waals surface area contributed by atoms with Crippen molar-refractivity contribution in [1.82, 2.24) is 29.9 Å². The molecule has 1 saturated heterocycles. The van der Waals surface area contributed by atoms with Gasteiger partial charge in [0, 0.05) is 40.3 Å². The maximum absolute atomic E-state index is 11.7. The Bertz CT molecular complexity index is 520. The minimum atomic E-state index is -0.246. The van der Waals surface area contributed by atoms with Gasteiger partial charge in [-0.05, 0) is 6.92 Å². The summed E-state index contributed by atoms with van der Waals surface area (Å²) in [4.78, 5) is 24.0. The van der Waals surface area contributed by atoms with Crippen LogP contribution in [0.15, 0.2) is 11.3 Å². The van der Waals surface area contributed by atoms with E-state index in [1.807, 2.05) is 14.0 Å². The van der Waals surface area contributed by atoms with Crippen LogP contribution in [0.4, 0.5) is 4.79 Å². The molecule has 0 unspecified atom stereocenters. The highest BCUT2D eigenvalue weighted by Gasteiger charge is 2.23. The Morgan fingerprint density at radius 2 is 2.05 bits per heavy atom. The van der Waals surface area contributed by atoms with Crippen molar-refractivity contribution in [2.24, 2.45) is 12.0 Å². The van der Waals surface area contributed by atoms with Gasteiger partial charge >= 0.3 is 6.09 Å². The van der Waals surface area contributed by atoms with Crippen LogP contribution in [0.2, 0.25) is 0 Å². The highest BCUT2D eigenvalue weighted by Crippen LogP contribution is 2.04. The molecule has 1 aromatic rings. The van der Waals surface area contributed by atoms with Crippen molar-refractivity contribution in [1.29, 1.82) is 0 Å². The summed E-state index contributed by atoms with van der Waals surface area (Å²) >= 11 is 0. The highest BCUT2D eigenvalue weighted by atomic mass is 16.6. The van der Waals surface area contributed by atoms with Crippen molar-refractivity contribution in [3.05, 3.63) is 12.2 Å². The van der Waals surface area contributed by atoms with Gasteiger partial charge in [0.15, 0.2) is 5.96 Å². The lowest BCUT2D eigenvalue weighted by molar-refractivity contribution is 0.0914. The van der Waals surface area contributed by atoms with E-state index in [9.17, 15) is 4.79 Å². The molecule has 2 rings (SSSR count). The lowest BCUT2D eigenvalue weighted by Crippen LogP contribution is -2.53. The zero-order valence-corrected chi connectivity index (χ0v) is 13.3. The van der Waals surface area contributed by atoms with Crippen LogP contribution in [0.25, 0.3) is 0 Å². The number of carbonyl (C=O) groups is 1. The first-order valence-corrected chi connectivity index (χ1v) is 7.35. The van der Waals surface area contributed by atoms with Crippen LogP contribution in [0, 0.1) is 0 Å². The molecule has 9 nitrogen and oxygen atoms in total. The lowest BCUT2D eigenvalue weighted by atomic mass is 10.3. The summed E-state index contributed by atoms with van der Waals surface area (Å²) in [5.41, 5.74) is 0. The van der Waals surface area contributed by atoms with Crippen molar-refractivity contribution in [3.8, 4) is 0 Å². The average Bonchev–Trinajstić information content (AvgIpc) is 2.94. The van der Waals surface area contributed by atoms with Crippen molar-refractivity contribution in [2.45, 2.75) is 13.5 Å². The molecule has 0 atom stereocenters. The third-order valence-corrected chi connectivity index (χ3v) is 3.53. The molecule has 0 saturated carbocycles. The van der Waals surface area contributed by atoms with Crippen LogP contribution in [0.5, 0.6) is 0 Å². The monoisotopic (exact) mass is 309 g/mol. The number of carbonyl (C=O) groups excluding carboxylic acids is 1. The van der Waals surface area contributed by atoms with Crippen LogP contribution in [-0.4, -0.2) is 76.5 Å². The van der Waals surface area contributed by atoms with E-state index < -0.39 is 0 Å². The second-order valence-corrected chi connectivity index (χ2v) is 4.87. The molecular weight excluding hydrogens is 286 g/mol. The number of guanidine groups is 1. The molecule has 1 aliphatic heterocycles. The maximum atomic E-state index is 11.7. The fraction of sp³-hybridized carbons (Fsp3) is 0.692. The highest BCUT2D eigenvalue weighted by molar-refractivity contribution is 5.80. The third-order valence-electron chi connectivity index (χ3n) is 3.53. The smallest absolute Gasteiger partial charge is 0.409 e. The molecule has 0 aliphatic carbocycles. The quantitative estimate of drug-likeness (QED) is 0.607. The van der Waals surface area contributed by atoms with E-state index in [1.54, 1.807) is 16.6 Å². The van der Waals surface area contributed by atoms with Gasteiger partial charge in [0.1, 0.15) is 12.2 Å². The molecule has 9 heteroatoms. The molecule has 0 radical (unpaired) electrons. The second kappa shape index (κ2) is 7.62. The topological polar surface area (TPSA) is 87.9 Å².